The van der Waals surface area contributed by atoms with Crippen molar-refractivity contribution < 1.29 is 23.9 Å². The molecule has 140 valence electrons. The quantitative estimate of drug-likeness (QED) is 0.457. The summed E-state index contributed by atoms with van der Waals surface area (Å²) in [6, 6.07) is 12.9. The maximum Gasteiger partial charge on any atom is 0.513 e. The first kappa shape index (κ1) is 19.7. The van der Waals surface area contributed by atoms with Crippen LogP contribution in [0.5, 0.6) is 5.75 Å². The molecule has 0 saturated carbocycles. The minimum Gasteiger partial charge on any atom is -0.434 e. The molecule has 0 unspecified atom stereocenters. The Balaban J connectivity index is 2.07. The molecule has 0 aliphatic heterocycles. The van der Waals surface area contributed by atoms with Crippen molar-refractivity contribution in [2.45, 2.75) is 13.8 Å². The van der Waals surface area contributed by atoms with Crippen LogP contribution in [0.25, 0.3) is 0 Å². The number of benzene rings is 2. The van der Waals surface area contributed by atoms with Crippen LogP contribution in [0.15, 0.2) is 60.7 Å². The Kier molecular flexibility index (Phi) is 7.13. The monoisotopic (exact) mass is 368 g/mol. The van der Waals surface area contributed by atoms with Crippen molar-refractivity contribution in [3.8, 4) is 5.75 Å². The van der Waals surface area contributed by atoms with Gasteiger partial charge < -0.3 is 20.1 Å². The lowest BCUT2D eigenvalue weighted by atomic mass is 10.2. The number of nitrogens with one attached hydrogen (secondary N) is 2. The predicted molar refractivity (Wildman–Crippen MR) is 102 cm³/mol. The molecule has 0 heterocycles. The van der Waals surface area contributed by atoms with Gasteiger partial charge in [0.25, 0.3) is 5.91 Å². The van der Waals surface area contributed by atoms with Gasteiger partial charge in [0.05, 0.1) is 18.0 Å². The Morgan fingerprint density at radius 3 is 2.19 bits per heavy atom. The van der Waals surface area contributed by atoms with Crippen LogP contribution in [0.2, 0.25) is 0 Å². The number of para-hydroxylation sites is 2. The third-order valence-corrected chi connectivity index (χ3v) is 3.33. The van der Waals surface area contributed by atoms with Crippen molar-refractivity contribution in [1.82, 2.24) is 0 Å². The fourth-order valence-corrected chi connectivity index (χ4v) is 2.14. The maximum atomic E-state index is 12.4. The van der Waals surface area contributed by atoms with E-state index in [1.54, 1.807) is 44.2 Å². The van der Waals surface area contributed by atoms with E-state index in [1.807, 2.05) is 0 Å². The molecule has 2 rings (SSSR count). The van der Waals surface area contributed by atoms with Gasteiger partial charge in [-0.25, -0.2) is 4.79 Å². The normalized spacial score (nSPS) is 10.3. The van der Waals surface area contributed by atoms with E-state index in [0.29, 0.717) is 16.9 Å². The third kappa shape index (κ3) is 6.00. The van der Waals surface area contributed by atoms with E-state index >= 15 is 0 Å². The summed E-state index contributed by atoms with van der Waals surface area (Å²) in [5.41, 5.74) is 1.31. The first-order valence-electron chi connectivity index (χ1n) is 8.32. The number of carbonyl (C=O) groups is 3. The van der Waals surface area contributed by atoms with Gasteiger partial charge in [-0.3, -0.25) is 9.59 Å². The zero-order valence-electron chi connectivity index (χ0n) is 15.0. The lowest BCUT2D eigenvalue weighted by Crippen LogP contribution is -2.15. The zero-order chi connectivity index (χ0) is 19.6. The number of allylic oxidation sites excluding steroid dienone is 1. The lowest BCUT2D eigenvalue weighted by molar-refractivity contribution is -0.111. The fraction of sp³-hybridized carbons (Fsp3) is 0.150. The molecule has 0 aromatic heterocycles. The van der Waals surface area contributed by atoms with Crippen molar-refractivity contribution in [2.75, 3.05) is 17.2 Å². The van der Waals surface area contributed by atoms with Crippen LogP contribution < -0.4 is 15.4 Å². The van der Waals surface area contributed by atoms with Gasteiger partial charge in [-0.1, -0.05) is 18.2 Å². The summed E-state index contributed by atoms with van der Waals surface area (Å²) in [6.45, 7) is 3.62. The van der Waals surface area contributed by atoms with E-state index in [-0.39, 0.29) is 24.2 Å². The molecule has 7 nitrogen and oxygen atoms in total. The number of hydrogen-bond donors (Lipinski definition) is 2. The Morgan fingerprint density at radius 2 is 1.59 bits per heavy atom. The number of amides is 2. The highest BCUT2D eigenvalue weighted by Gasteiger charge is 2.11. The predicted octanol–water partition coefficient (Wildman–Crippen LogP) is 3.99. The molecule has 0 radical (unpaired) electrons. The second-order valence-corrected chi connectivity index (χ2v) is 5.30. The average Bonchev–Trinajstić information content (AvgIpc) is 2.64. The van der Waals surface area contributed by atoms with Crippen molar-refractivity contribution in [3.05, 3.63) is 66.2 Å². The molecule has 0 bridgehead atoms. The molecule has 0 aliphatic carbocycles. The summed E-state index contributed by atoms with van der Waals surface area (Å²) < 4.78 is 9.63. The van der Waals surface area contributed by atoms with Gasteiger partial charge in [0, 0.05) is 5.56 Å². The van der Waals surface area contributed by atoms with Crippen LogP contribution in [-0.2, 0) is 9.53 Å². The number of rotatable bonds is 6. The van der Waals surface area contributed by atoms with Gasteiger partial charge in [-0.2, -0.15) is 0 Å². The van der Waals surface area contributed by atoms with E-state index in [1.165, 1.54) is 30.3 Å². The summed E-state index contributed by atoms with van der Waals surface area (Å²) in [5.74, 6) is -0.394. The Hall–Kier alpha value is -3.61. The largest absolute Gasteiger partial charge is 0.513 e. The van der Waals surface area contributed by atoms with Crippen LogP contribution >= 0.6 is 0 Å². The van der Waals surface area contributed by atoms with Crippen LogP contribution in [-0.4, -0.2) is 24.6 Å². The minimum absolute atomic E-state index is 0.212. The van der Waals surface area contributed by atoms with E-state index in [4.69, 9.17) is 4.74 Å². The van der Waals surface area contributed by atoms with Gasteiger partial charge in [0.2, 0.25) is 5.91 Å². The number of anilines is 2. The summed E-state index contributed by atoms with van der Waals surface area (Å²) >= 11 is 0. The lowest BCUT2D eigenvalue weighted by Gasteiger charge is -2.11. The Bertz CT molecular complexity index is 844. The average molecular weight is 368 g/mol. The highest BCUT2D eigenvalue weighted by atomic mass is 16.7. The standard InChI is InChI=1S/C20H20N2O5/c1-3-7-18(23)21-16-8-5-6-9-17(16)22-19(24)14-10-12-15(13-11-14)27-20(25)26-4-2/h3,5-13H,4H2,1-2H3,(H,21,23)(H,22,24)/b7-3+. The van der Waals surface area contributed by atoms with E-state index in [9.17, 15) is 14.4 Å². The van der Waals surface area contributed by atoms with Crippen LogP contribution in [0.3, 0.4) is 0 Å². The van der Waals surface area contributed by atoms with Crippen molar-refractivity contribution in [3.63, 3.8) is 0 Å². The van der Waals surface area contributed by atoms with Gasteiger partial charge in [-0.15, -0.1) is 0 Å². The first-order valence-corrected chi connectivity index (χ1v) is 8.32. The molecule has 0 aliphatic rings. The summed E-state index contributed by atoms with van der Waals surface area (Å²) in [5, 5.41) is 5.44. The molecule has 2 aromatic carbocycles. The van der Waals surface area contributed by atoms with Crippen molar-refractivity contribution >= 4 is 29.3 Å². The zero-order valence-corrected chi connectivity index (χ0v) is 15.0. The van der Waals surface area contributed by atoms with Crippen LogP contribution in [0, 0.1) is 0 Å². The van der Waals surface area contributed by atoms with Gasteiger partial charge in [-0.05, 0) is 56.3 Å². The maximum absolute atomic E-state index is 12.4. The van der Waals surface area contributed by atoms with Crippen LogP contribution in [0.4, 0.5) is 16.2 Å². The Morgan fingerprint density at radius 1 is 0.963 bits per heavy atom. The van der Waals surface area contributed by atoms with E-state index in [0.717, 1.165) is 0 Å². The summed E-state index contributed by atoms with van der Waals surface area (Å²) in [7, 11) is 0. The SMILES string of the molecule is C/C=C/C(=O)Nc1ccccc1NC(=O)c1ccc(OC(=O)OCC)cc1. The molecule has 0 fully saturated rings. The van der Waals surface area contributed by atoms with Crippen molar-refractivity contribution in [1.29, 1.82) is 0 Å². The molecule has 0 atom stereocenters. The third-order valence-electron chi connectivity index (χ3n) is 3.33. The molecule has 0 spiro atoms. The van der Waals surface area contributed by atoms with Crippen molar-refractivity contribution in [2.24, 2.45) is 0 Å². The molecule has 27 heavy (non-hydrogen) atoms. The second-order valence-electron chi connectivity index (χ2n) is 5.30. The first-order chi connectivity index (χ1) is 13.0. The molecule has 2 N–H and O–H groups in total. The second kappa shape index (κ2) is 9.76. The molecule has 7 heteroatoms. The van der Waals surface area contributed by atoms with Crippen LogP contribution in [0.1, 0.15) is 24.2 Å². The smallest absolute Gasteiger partial charge is 0.434 e. The molecule has 0 saturated heterocycles. The molecular formula is C20H20N2O5. The van der Waals surface area contributed by atoms with Gasteiger partial charge >= 0.3 is 6.16 Å². The summed E-state index contributed by atoms with van der Waals surface area (Å²) in [6.07, 6.45) is 2.21. The highest BCUT2D eigenvalue weighted by molar-refractivity contribution is 6.08. The summed E-state index contributed by atoms with van der Waals surface area (Å²) in [4.78, 5) is 35.5. The van der Waals surface area contributed by atoms with Gasteiger partial charge in [0.15, 0.2) is 0 Å². The minimum atomic E-state index is -0.805. The van der Waals surface area contributed by atoms with E-state index in [2.05, 4.69) is 15.4 Å². The topological polar surface area (TPSA) is 93.7 Å². The fourth-order valence-electron chi connectivity index (χ4n) is 2.14. The Labute approximate surface area is 157 Å². The molecule has 2 aromatic rings. The number of hydrogen-bond acceptors (Lipinski definition) is 5. The van der Waals surface area contributed by atoms with Gasteiger partial charge in [0.1, 0.15) is 5.75 Å². The molecular weight excluding hydrogens is 348 g/mol. The molecule has 2 amide bonds. The number of carbonyl (C=O) groups excluding carboxylic acids is 3. The van der Waals surface area contributed by atoms with E-state index < -0.39 is 6.16 Å². The number of ether oxygens (including phenoxy) is 2. The highest BCUT2D eigenvalue weighted by Crippen LogP contribution is 2.22.